The Kier molecular flexibility index (Phi) is 26.8. The summed E-state index contributed by atoms with van der Waals surface area (Å²) >= 11 is 4.45. The van der Waals surface area contributed by atoms with Gasteiger partial charge in [-0.05, 0) is 99.8 Å². The van der Waals surface area contributed by atoms with Crippen LogP contribution in [0.25, 0.3) is 22.3 Å². The topological polar surface area (TPSA) is 351 Å². The molecular weight excluding hydrogens is 1450 g/mol. The van der Waals surface area contributed by atoms with Crippen LogP contribution in [-0.2, 0) is 89.5 Å². The molecule has 3 fully saturated rings. The van der Waals surface area contributed by atoms with E-state index in [4.69, 9.17) is 31.5 Å². The van der Waals surface area contributed by atoms with E-state index in [1.807, 2.05) is 58.3 Å². The van der Waals surface area contributed by atoms with Crippen LogP contribution < -0.4 is 38.9 Å². The molecule has 0 radical (unpaired) electrons. The molecule has 10 rings (SSSR count). The molecule has 0 aliphatic carbocycles. The number of ether oxygens (including phenoxy) is 3. The third-order valence-electron chi connectivity index (χ3n) is 13.5. The van der Waals surface area contributed by atoms with Gasteiger partial charge in [0.2, 0.25) is 41.8 Å². The number of carboxylic acids is 1. The van der Waals surface area contributed by atoms with Crippen molar-refractivity contribution >= 4 is 122 Å². The number of hydrogen-bond donors (Lipinski definition) is 4. The first kappa shape index (κ1) is 72.5. The molecule has 91 heavy (non-hydrogen) atoms. The number of benzene rings is 3. The van der Waals surface area contributed by atoms with Crippen LogP contribution in [0.15, 0.2) is 102 Å². The Hall–Kier alpha value is -7.59. The molecule has 33 heteroatoms. The van der Waals surface area contributed by atoms with Crippen molar-refractivity contribution < 1.29 is 50.5 Å². The van der Waals surface area contributed by atoms with Crippen LogP contribution in [0.5, 0.6) is 0 Å². The predicted molar refractivity (Wildman–Crippen MR) is 358 cm³/mol. The number of nitrogens with zero attached hydrogens (tertiary/aromatic N) is 11. The molecule has 488 valence electrons. The number of halogens is 2. The van der Waals surface area contributed by atoms with Crippen LogP contribution in [-0.4, -0.2) is 203 Å². The number of terminal acetylenes is 1. The van der Waals surface area contributed by atoms with Gasteiger partial charge in [0.05, 0.1) is 72.4 Å². The highest BCUT2D eigenvalue weighted by molar-refractivity contribution is 14.1. The quantitative estimate of drug-likeness (QED) is 0.0734. The highest BCUT2D eigenvalue weighted by Crippen LogP contribution is 2.17. The Balaban J connectivity index is 0.000000201. The van der Waals surface area contributed by atoms with E-state index in [1.165, 1.54) is 36.3 Å². The van der Waals surface area contributed by atoms with Gasteiger partial charge < -0.3 is 44.8 Å². The van der Waals surface area contributed by atoms with Crippen LogP contribution in [0.2, 0.25) is 0 Å². The third-order valence-corrected chi connectivity index (χ3v) is 16.9. The molecule has 3 aliphatic heterocycles. The van der Waals surface area contributed by atoms with Crippen molar-refractivity contribution in [2.24, 2.45) is 28.2 Å². The van der Waals surface area contributed by atoms with Crippen molar-refractivity contribution in [3.8, 4) is 24.2 Å². The van der Waals surface area contributed by atoms with Crippen LogP contribution in [0.1, 0.15) is 5.56 Å². The lowest BCUT2D eigenvalue weighted by Gasteiger charge is -2.25. The van der Waals surface area contributed by atoms with Gasteiger partial charge in [-0.25, -0.2) is 26.4 Å². The summed E-state index contributed by atoms with van der Waals surface area (Å²) in [6.45, 7) is 9.15. The van der Waals surface area contributed by atoms with Gasteiger partial charge in [-0.15, -0.1) is 6.42 Å². The summed E-state index contributed by atoms with van der Waals surface area (Å²) in [5, 5.41) is 13.5. The SMILES string of the molecule is C#CCn1c(=O)n(C)c(=O)c2c1nc(S(C)(=O)=O)n2C.Cn1c(=O)c2c(nc(S(C)(=O)=O)n2C)n(CC#Cc2cccc(NC(=O)CN3CCOCC3)c2)c1=O.Nc1cccc(I)c1.O=C(CN1CCOCC1)Nc1cccc(I)c1.O=C(O)CN1CCOCC1. The molecule has 7 heterocycles. The van der Waals surface area contributed by atoms with Crippen LogP contribution in [0.4, 0.5) is 17.1 Å². The van der Waals surface area contributed by atoms with Gasteiger partial charge in [-0.1, -0.05) is 36.0 Å². The number of anilines is 3. The van der Waals surface area contributed by atoms with Crippen molar-refractivity contribution in [3.63, 3.8) is 0 Å². The minimum atomic E-state index is -3.73. The second-order valence-corrected chi connectivity index (χ2v) is 26.9. The number of nitrogens with one attached hydrogen (secondary N) is 2. The van der Waals surface area contributed by atoms with Gasteiger partial charge in [-0.2, -0.15) is 9.97 Å². The number of carbonyl (C=O) groups is 3. The Labute approximate surface area is 551 Å². The summed E-state index contributed by atoms with van der Waals surface area (Å²) in [5.74, 6) is 7.23. The highest BCUT2D eigenvalue weighted by atomic mass is 127. The van der Waals surface area contributed by atoms with Gasteiger partial charge in [0, 0.05) is 110 Å². The Morgan fingerprint density at radius 2 is 0.989 bits per heavy atom. The zero-order valence-corrected chi connectivity index (χ0v) is 56.7. The summed E-state index contributed by atoms with van der Waals surface area (Å²) < 4.78 is 71.7. The second-order valence-electron chi connectivity index (χ2n) is 20.6. The van der Waals surface area contributed by atoms with Gasteiger partial charge in [0.15, 0.2) is 22.3 Å². The number of amides is 2. The lowest BCUT2D eigenvalue weighted by molar-refractivity contribution is -0.139. The number of aliphatic carboxylic acids is 1. The number of imidazole rings is 2. The third kappa shape index (κ3) is 21.0. The molecule has 4 aromatic heterocycles. The van der Waals surface area contributed by atoms with Gasteiger partial charge >= 0.3 is 17.3 Å². The van der Waals surface area contributed by atoms with E-state index in [0.717, 1.165) is 89.7 Å². The number of rotatable bonds is 12. The molecule has 3 saturated heterocycles. The Bertz CT molecular complexity index is 4360. The maximum absolute atomic E-state index is 12.8. The smallest absolute Gasteiger partial charge is 0.333 e. The normalized spacial score (nSPS) is 14.5. The number of nitrogens with two attached hydrogens (primary N) is 1. The number of carbonyl (C=O) groups excluding carboxylic acids is 2. The average Bonchev–Trinajstić information content (AvgIpc) is 1.72. The van der Waals surface area contributed by atoms with E-state index >= 15 is 0 Å². The van der Waals surface area contributed by atoms with E-state index < -0.39 is 48.1 Å². The molecule has 2 amide bonds. The van der Waals surface area contributed by atoms with Crippen molar-refractivity contribution in [3.05, 3.63) is 127 Å². The largest absolute Gasteiger partial charge is 0.480 e. The van der Waals surface area contributed by atoms with Crippen LogP contribution in [0.3, 0.4) is 0 Å². The number of carboxylic acid groups (broad SMARTS) is 1. The minimum Gasteiger partial charge on any atom is -0.480 e. The molecule has 0 saturated carbocycles. The second kappa shape index (κ2) is 33.6. The van der Waals surface area contributed by atoms with E-state index in [2.05, 4.69) is 88.4 Å². The summed E-state index contributed by atoms with van der Waals surface area (Å²) in [6, 6.07) is 22.5. The van der Waals surface area contributed by atoms with E-state index in [1.54, 1.807) is 24.3 Å². The molecule has 3 aliphatic rings. The minimum absolute atomic E-state index is 0.00990. The van der Waals surface area contributed by atoms with Crippen LogP contribution >= 0.6 is 45.2 Å². The van der Waals surface area contributed by atoms with Gasteiger partial charge in [-0.3, -0.25) is 56.9 Å². The first-order chi connectivity index (χ1) is 43.1. The maximum atomic E-state index is 12.8. The van der Waals surface area contributed by atoms with Crippen molar-refractivity contribution in [1.82, 2.24) is 52.1 Å². The van der Waals surface area contributed by atoms with E-state index in [0.29, 0.717) is 57.3 Å². The van der Waals surface area contributed by atoms with Crippen LogP contribution in [0, 0.1) is 31.3 Å². The molecule has 0 unspecified atom stereocenters. The molecule has 29 nitrogen and oxygen atoms in total. The highest BCUT2D eigenvalue weighted by Gasteiger charge is 2.25. The van der Waals surface area contributed by atoms with E-state index in [9.17, 15) is 50.4 Å². The molecular formula is C58H70I2N14O15S2. The number of fused-ring (bicyclic) bond motifs is 2. The molecule has 7 aromatic rings. The zero-order valence-electron chi connectivity index (χ0n) is 50.8. The Morgan fingerprint density at radius 3 is 1.37 bits per heavy atom. The fourth-order valence-electron chi connectivity index (χ4n) is 9.10. The molecule has 5 N–H and O–H groups in total. The molecule has 3 aromatic carbocycles. The first-order valence-corrected chi connectivity index (χ1v) is 33.7. The molecule has 0 spiro atoms. The number of aryl methyl sites for hydroxylation is 2. The summed E-state index contributed by atoms with van der Waals surface area (Å²) in [4.78, 5) is 97.8. The standard InChI is InChI=1S/C23H26N6O6S.C12H15IN2O2.C11H12N4O4S.C6H6IN.C6H11NO3/c1-26-19-20(25-22(26)36(3,33)34)29(23(32)27(2)21(19)31)9-5-7-16-6-4-8-17(14-16)24-18(30)15-28-10-12-35-13-11-28;13-10-2-1-3-11(8-10)14-12(16)9-15-4-6-17-7-5-15;1-5-6-15-8-7(9(16)14(3)11(15)17)13(2)10(12-8)20(4,18)19;7-5-2-1-3-6(8)4-5;8-6(9)5-7-1-3-10-4-2-7/h4,6,8,14H,9-13,15H2,1-3H3,(H,24,30);1-3,8H,4-7,9H2,(H,14,16);1H,6H2,2-4H3;1-4H,8H2;1-5H2,(H,8,9). The first-order valence-electron chi connectivity index (χ1n) is 27.8. The molecule has 0 atom stereocenters. The number of aromatic nitrogens is 8. The number of nitrogen functional groups attached to an aromatic ring is 1. The maximum Gasteiger partial charge on any atom is 0.333 e. The lowest BCUT2D eigenvalue weighted by Crippen LogP contribution is -2.41. The van der Waals surface area contributed by atoms with Crippen molar-refractivity contribution in [2.45, 2.75) is 23.4 Å². The number of sulfone groups is 2. The number of hydrogen-bond acceptors (Lipinski definition) is 20. The zero-order chi connectivity index (χ0) is 66.7. The fourth-order valence-corrected chi connectivity index (χ4v) is 11.9. The Morgan fingerprint density at radius 1 is 0.593 bits per heavy atom. The van der Waals surface area contributed by atoms with Crippen molar-refractivity contribution in [2.75, 3.05) is 127 Å². The number of morpholine rings is 3. The lowest BCUT2D eigenvalue weighted by atomic mass is 10.2. The average molecular weight is 1520 g/mol. The monoisotopic (exact) mass is 1520 g/mol. The van der Waals surface area contributed by atoms with Gasteiger partial charge in [0.1, 0.15) is 0 Å². The van der Waals surface area contributed by atoms with E-state index in [-0.39, 0.29) is 70.6 Å². The van der Waals surface area contributed by atoms with Crippen molar-refractivity contribution in [1.29, 1.82) is 0 Å². The summed E-state index contributed by atoms with van der Waals surface area (Å²) in [7, 11) is -1.95. The molecule has 0 bridgehead atoms. The summed E-state index contributed by atoms with van der Waals surface area (Å²) in [5.41, 5.74) is 5.68. The van der Waals surface area contributed by atoms with Gasteiger partial charge in [0.25, 0.3) is 11.1 Å². The predicted octanol–water partition coefficient (Wildman–Crippen LogP) is 0.469. The summed E-state index contributed by atoms with van der Waals surface area (Å²) in [6.07, 6.45) is 7.14. The fraction of sp³-hybridized carbons (Fsp3) is 0.397.